The summed E-state index contributed by atoms with van der Waals surface area (Å²) in [5.41, 5.74) is 1.72. The molecule has 0 bridgehead atoms. The van der Waals surface area contributed by atoms with Crippen LogP contribution in [0.1, 0.15) is 18.1 Å². The molecular formula is C13H22N2O2S. The highest BCUT2D eigenvalue weighted by molar-refractivity contribution is 7.89. The Balaban J connectivity index is 2.83. The lowest BCUT2D eigenvalue weighted by Crippen LogP contribution is -2.32. The molecule has 0 fully saturated rings. The first-order valence-corrected chi connectivity index (χ1v) is 7.56. The predicted molar refractivity (Wildman–Crippen MR) is 74.2 cm³/mol. The lowest BCUT2D eigenvalue weighted by Gasteiger charge is -2.14. The van der Waals surface area contributed by atoms with Crippen molar-refractivity contribution >= 4 is 10.0 Å². The highest BCUT2D eigenvalue weighted by atomic mass is 32.2. The minimum atomic E-state index is -3.40. The summed E-state index contributed by atoms with van der Waals surface area (Å²) in [5.74, 6) is 0.259. The summed E-state index contributed by atoms with van der Waals surface area (Å²) in [6.45, 7) is 6.93. The van der Waals surface area contributed by atoms with Crippen LogP contribution in [0, 0.1) is 19.8 Å². The van der Waals surface area contributed by atoms with Crippen molar-refractivity contribution in [2.45, 2.75) is 25.7 Å². The molecule has 1 unspecified atom stereocenters. The van der Waals surface area contributed by atoms with E-state index in [4.69, 9.17) is 0 Å². The van der Waals surface area contributed by atoms with Crippen molar-refractivity contribution in [1.82, 2.24) is 10.0 Å². The standard InChI is InChI=1S/C13H22N2O2S/c1-10-5-6-12(3)13(7-10)18(16,17)15-9-11(2)8-14-4/h5-7,11,14-15H,8-9H2,1-4H3. The molecule has 0 saturated heterocycles. The highest BCUT2D eigenvalue weighted by Crippen LogP contribution is 2.16. The van der Waals surface area contributed by atoms with Crippen LogP contribution < -0.4 is 10.0 Å². The number of benzene rings is 1. The number of aryl methyl sites for hydroxylation is 2. The average molecular weight is 270 g/mol. The Morgan fingerprint density at radius 1 is 1.22 bits per heavy atom. The topological polar surface area (TPSA) is 58.2 Å². The zero-order chi connectivity index (χ0) is 13.8. The van der Waals surface area contributed by atoms with Crippen LogP contribution in [0.5, 0.6) is 0 Å². The van der Waals surface area contributed by atoms with Gasteiger partial charge in [0.2, 0.25) is 10.0 Å². The maximum atomic E-state index is 12.2. The number of sulfonamides is 1. The summed E-state index contributed by atoms with van der Waals surface area (Å²) in [6, 6.07) is 5.46. The van der Waals surface area contributed by atoms with Crippen molar-refractivity contribution in [2.24, 2.45) is 5.92 Å². The molecule has 1 rings (SSSR count). The quantitative estimate of drug-likeness (QED) is 0.822. The molecule has 0 amide bonds. The molecule has 0 aliphatic carbocycles. The van der Waals surface area contributed by atoms with Gasteiger partial charge in [-0.25, -0.2) is 13.1 Å². The number of nitrogens with one attached hydrogen (secondary N) is 2. The smallest absolute Gasteiger partial charge is 0.240 e. The van der Waals surface area contributed by atoms with E-state index in [2.05, 4.69) is 10.0 Å². The third-order valence-corrected chi connectivity index (χ3v) is 4.37. The molecule has 0 spiro atoms. The van der Waals surface area contributed by atoms with E-state index in [0.717, 1.165) is 17.7 Å². The molecule has 0 aliphatic rings. The van der Waals surface area contributed by atoms with Gasteiger partial charge in [-0.2, -0.15) is 0 Å². The van der Waals surface area contributed by atoms with Gasteiger partial charge in [-0.1, -0.05) is 19.1 Å². The fourth-order valence-corrected chi connectivity index (χ4v) is 3.24. The lowest BCUT2D eigenvalue weighted by molar-refractivity contribution is 0.518. The van der Waals surface area contributed by atoms with Gasteiger partial charge in [0.25, 0.3) is 0 Å². The van der Waals surface area contributed by atoms with Crippen molar-refractivity contribution in [1.29, 1.82) is 0 Å². The zero-order valence-corrected chi connectivity index (χ0v) is 12.3. The fourth-order valence-electron chi connectivity index (χ4n) is 1.75. The second-order valence-electron chi connectivity index (χ2n) is 4.78. The Labute approximate surface area is 110 Å². The minimum absolute atomic E-state index is 0.259. The lowest BCUT2D eigenvalue weighted by atomic mass is 10.2. The van der Waals surface area contributed by atoms with Gasteiger partial charge in [-0.3, -0.25) is 0 Å². The van der Waals surface area contributed by atoms with Crippen LogP contribution in [0.3, 0.4) is 0 Å². The van der Waals surface area contributed by atoms with Crippen molar-refractivity contribution in [3.05, 3.63) is 29.3 Å². The second kappa shape index (κ2) is 6.31. The highest BCUT2D eigenvalue weighted by Gasteiger charge is 2.17. The van der Waals surface area contributed by atoms with Gasteiger partial charge in [0.15, 0.2) is 0 Å². The molecule has 1 aromatic rings. The van der Waals surface area contributed by atoms with Crippen LogP contribution in [0.4, 0.5) is 0 Å². The number of hydrogen-bond acceptors (Lipinski definition) is 3. The van der Waals surface area contributed by atoms with Gasteiger partial charge in [-0.05, 0) is 50.6 Å². The predicted octanol–water partition coefficient (Wildman–Crippen LogP) is 1.44. The molecule has 1 aromatic carbocycles. The van der Waals surface area contributed by atoms with Crippen LogP contribution in [-0.4, -0.2) is 28.6 Å². The normalized spacial score (nSPS) is 13.6. The van der Waals surface area contributed by atoms with Crippen LogP contribution in [0.2, 0.25) is 0 Å². The van der Waals surface area contributed by atoms with E-state index in [1.807, 2.05) is 40.0 Å². The van der Waals surface area contributed by atoms with Gasteiger partial charge in [0, 0.05) is 6.54 Å². The SMILES string of the molecule is CNCC(C)CNS(=O)(=O)c1cc(C)ccc1C. The fraction of sp³-hybridized carbons (Fsp3) is 0.538. The Hall–Kier alpha value is -0.910. The molecule has 0 aromatic heterocycles. The van der Waals surface area contributed by atoms with Crippen LogP contribution >= 0.6 is 0 Å². The summed E-state index contributed by atoms with van der Waals surface area (Å²) in [6.07, 6.45) is 0. The molecule has 18 heavy (non-hydrogen) atoms. The van der Waals surface area contributed by atoms with Gasteiger partial charge in [0.05, 0.1) is 4.90 Å². The van der Waals surface area contributed by atoms with E-state index in [9.17, 15) is 8.42 Å². The van der Waals surface area contributed by atoms with Gasteiger partial charge in [-0.15, -0.1) is 0 Å². The summed E-state index contributed by atoms with van der Waals surface area (Å²) in [5, 5.41) is 3.03. The van der Waals surface area contributed by atoms with Crippen molar-refractivity contribution < 1.29 is 8.42 Å². The van der Waals surface area contributed by atoms with E-state index in [-0.39, 0.29) is 5.92 Å². The molecule has 0 heterocycles. The van der Waals surface area contributed by atoms with Crippen molar-refractivity contribution in [3.8, 4) is 0 Å². The first kappa shape index (κ1) is 15.1. The number of hydrogen-bond donors (Lipinski definition) is 2. The largest absolute Gasteiger partial charge is 0.319 e. The van der Waals surface area contributed by atoms with Crippen LogP contribution in [-0.2, 0) is 10.0 Å². The Morgan fingerprint density at radius 2 is 1.89 bits per heavy atom. The molecule has 0 radical (unpaired) electrons. The molecular weight excluding hydrogens is 248 g/mol. The molecule has 4 nitrogen and oxygen atoms in total. The first-order chi connectivity index (χ1) is 8.36. The molecule has 0 aliphatic heterocycles. The van der Waals surface area contributed by atoms with Crippen LogP contribution in [0.15, 0.2) is 23.1 Å². The number of rotatable bonds is 6. The van der Waals surface area contributed by atoms with Crippen molar-refractivity contribution in [3.63, 3.8) is 0 Å². The van der Waals surface area contributed by atoms with E-state index in [0.29, 0.717) is 11.4 Å². The van der Waals surface area contributed by atoms with Gasteiger partial charge >= 0.3 is 0 Å². The van der Waals surface area contributed by atoms with E-state index in [1.54, 1.807) is 6.07 Å². The first-order valence-electron chi connectivity index (χ1n) is 6.08. The molecule has 5 heteroatoms. The molecule has 1 atom stereocenters. The van der Waals surface area contributed by atoms with E-state index >= 15 is 0 Å². The maximum Gasteiger partial charge on any atom is 0.240 e. The summed E-state index contributed by atoms with van der Waals surface area (Å²) in [4.78, 5) is 0.374. The summed E-state index contributed by atoms with van der Waals surface area (Å²) >= 11 is 0. The molecule has 102 valence electrons. The Kier molecular flexibility index (Phi) is 5.31. The molecule has 0 saturated carbocycles. The van der Waals surface area contributed by atoms with E-state index < -0.39 is 10.0 Å². The summed E-state index contributed by atoms with van der Waals surface area (Å²) in [7, 11) is -1.55. The third-order valence-electron chi connectivity index (χ3n) is 2.81. The second-order valence-corrected chi connectivity index (χ2v) is 6.52. The minimum Gasteiger partial charge on any atom is -0.319 e. The van der Waals surface area contributed by atoms with Gasteiger partial charge < -0.3 is 5.32 Å². The third kappa shape index (κ3) is 4.08. The monoisotopic (exact) mass is 270 g/mol. The zero-order valence-electron chi connectivity index (χ0n) is 11.4. The van der Waals surface area contributed by atoms with Gasteiger partial charge in [0.1, 0.15) is 0 Å². The molecule has 2 N–H and O–H groups in total. The van der Waals surface area contributed by atoms with E-state index in [1.165, 1.54) is 0 Å². The Morgan fingerprint density at radius 3 is 2.50 bits per heavy atom. The Bertz CT molecular complexity index is 498. The van der Waals surface area contributed by atoms with Crippen molar-refractivity contribution in [2.75, 3.05) is 20.1 Å². The average Bonchev–Trinajstić information content (AvgIpc) is 2.30. The maximum absolute atomic E-state index is 12.2. The van der Waals surface area contributed by atoms with Crippen LogP contribution in [0.25, 0.3) is 0 Å². The summed E-state index contributed by atoms with van der Waals surface area (Å²) < 4.78 is 27.0.